The Morgan fingerprint density at radius 2 is 1.90 bits per heavy atom. The van der Waals surface area contributed by atoms with Crippen LogP contribution in [0, 0.1) is 13.8 Å². The van der Waals surface area contributed by atoms with Crippen molar-refractivity contribution in [3.05, 3.63) is 23.3 Å². The maximum absolute atomic E-state index is 12.9. The summed E-state index contributed by atoms with van der Waals surface area (Å²) in [6, 6.07) is 3.47. The van der Waals surface area contributed by atoms with Gasteiger partial charge in [0, 0.05) is 13.1 Å². The second-order valence-corrected chi connectivity index (χ2v) is 8.06. The van der Waals surface area contributed by atoms with Crippen molar-refractivity contribution >= 4 is 15.7 Å². The number of aryl methyl sites for hydroxylation is 1. The molecule has 1 aliphatic rings. The Kier molecular flexibility index (Phi) is 4.33. The molecule has 3 N–H and O–H groups in total. The third kappa shape index (κ3) is 3.22. The highest BCUT2D eigenvalue weighted by Gasteiger charge is 2.33. The monoisotopic (exact) mass is 312 g/mol. The number of hydrogen-bond acceptors (Lipinski definition) is 4. The zero-order chi connectivity index (χ0) is 15.8. The SMILES string of the molecule is Cc1ccc(N)c(S(=O)(=O)N2CCCC(C)(O)CC2)c1C. The Bertz CT molecular complexity index is 639. The number of benzene rings is 1. The van der Waals surface area contributed by atoms with Gasteiger partial charge < -0.3 is 10.8 Å². The molecule has 21 heavy (non-hydrogen) atoms. The van der Waals surface area contributed by atoms with Crippen LogP contribution in [0.25, 0.3) is 0 Å². The lowest BCUT2D eigenvalue weighted by Crippen LogP contribution is -2.34. The van der Waals surface area contributed by atoms with Crippen LogP contribution in [0.3, 0.4) is 0 Å². The minimum Gasteiger partial charge on any atom is -0.398 e. The largest absolute Gasteiger partial charge is 0.398 e. The molecule has 0 radical (unpaired) electrons. The first kappa shape index (κ1) is 16.3. The summed E-state index contributed by atoms with van der Waals surface area (Å²) >= 11 is 0. The molecule has 0 aromatic heterocycles. The second-order valence-electron chi connectivity index (χ2n) is 6.18. The van der Waals surface area contributed by atoms with Gasteiger partial charge in [-0.2, -0.15) is 4.31 Å². The summed E-state index contributed by atoms with van der Waals surface area (Å²) < 4.78 is 27.3. The molecule has 2 rings (SSSR count). The maximum Gasteiger partial charge on any atom is 0.245 e. The topological polar surface area (TPSA) is 83.6 Å². The molecule has 1 aromatic rings. The molecule has 1 heterocycles. The lowest BCUT2D eigenvalue weighted by atomic mass is 9.98. The fraction of sp³-hybridized carbons (Fsp3) is 0.600. The summed E-state index contributed by atoms with van der Waals surface area (Å²) in [6.45, 7) is 6.16. The fourth-order valence-corrected chi connectivity index (χ4v) is 4.63. The number of aliphatic hydroxyl groups is 1. The highest BCUT2D eigenvalue weighted by atomic mass is 32.2. The van der Waals surface area contributed by atoms with Gasteiger partial charge in [-0.3, -0.25) is 0 Å². The van der Waals surface area contributed by atoms with Crippen molar-refractivity contribution in [2.45, 2.75) is 50.5 Å². The molecule has 1 fully saturated rings. The molecule has 1 saturated heterocycles. The van der Waals surface area contributed by atoms with E-state index in [9.17, 15) is 13.5 Å². The first-order chi connectivity index (χ1) is 9.65. The van der Waals surface area contributed by atoms with E-state index in [1.807, 2.05) is 13.0 Å². The molecule has 5 nitrogen and oxygen atoms in total. The van der Waals surface area contributed by atoms with Gasteiger partial charge in [0.15, 0.2) is 0 Å². The van der Waals surface area contributed by atoms with Gasteiger partial charge in [-0.05, 0) is 57.2 Å². The van der Waals surface area contributed by atoms with Gasteiger partial charge in [-0.15, -0.1) is 0 Å². The third-order valence-corrected chi connectivity index (χ3v) is 6.43. The van der Waals surface area contributed by atoms with Gasteiger partial charge in [0.05, 0.1) is 11.3 Å². The van der Waals surface area contributed by atoms with Crippen molar-refractivity contribution in [3.8, 4) is 0 Å². The third-order valence-electron chi connectivity index (χ3n) is 4.33. The summed E-state index contributed by atoms with van der Waals surface area (Å²) in [6.07, 6.45) is 1.70. The summed E-state index contributed by atoms with van der Waals surface area (Å²) in [5.74, 6) is 0. The normalized spacial score (nSPS) is 24.8. The molecule has 0 aliphatic carbocycles. The Balaban J connectivity index is 2.41. The zero-order valence-corrected chi connectivity index (χ0v) is 13.7. The van der Waals surface area contributed by atoms with E-state index in [2.05, 4.69) is 0 Å². The van der Waals surface area contributed by atoms with E-state index >= 15 is 0 Å². The molecule has 1 aliphatic heterocycles. The number of sulfonamides is 1. The van der Waals surface area contributed by atoms with E-state index in [1.54, 1.807) is 19.9 Å². The van der Waals surface area contributed by atoms with Crippen LogP contribution in [0.1, 0.15) is 37.3 Å². The standard InChI is InChI=1S/C15H24N2O3S/c1-11-5-6-13(16)14(12(11)2)21(19,20)17-9-4-7-15(3,18)8-10-17/h5-6,18H,4,7-10,16H2,1-3H3. The Labute approximate surface area is 126 Å². The van der Waals surface area contributed by atoms with Crippen molar-refractivity contribution in [2.24, 2.45) is 0 Å². The van der Waals surface area contributed by atoms with Gasteiger partial charge >= 0.3 is 0 Å². The van der Waals surface area contributed by atoms with Crippen LogP contribution in [0.15, 0.2) is 17.0 Å². The van der Waals surface area contributed by atoms with Gasteiger partial charge in [0.2, 0.25) is 10.0 Å². The first-order valence-electron chi connectivity index (χ1n) is 7.23. The summed E-state index contributed by atoms with van der Waals surface area (Å²) in [5.41, 5.74) is 7.02. The van der Waals surface area contributed by atoms with Crippen LogP contribution >= 0.6 is 0 Å². The van der Waals surface area contributed by atoms with Crippen LogP contribution in [0.5, 0.6) is 0 Å². The predicted molar refractivity (Wildman–Crippen MR) is 83.6 cm³/mol. The van der Waals surface area contributed by atoms with Crippen molar-refractivity contribution in [3.63, 3.8) is 0 Å². The molecule has 0 spiro atoms. The highest BCUT2D eigenvalue weighted by molar-refractivity contribution is 7.89. The summed E-state index contributed by atoms with van der Waals surface area (Å²) in [7, 11) is -3.62. The quantitative estimate of drug-likeness (QED) is 0.816. The van der Waals surface area contributed by atoms with Crippen molar-refractivity contribution < 1.29 is 13.5 Å². The van der Waals surface area contributed by atoms with E-state index < -0.39 is 15.6 Å². The second kappa shape index (κ2) is 5.59. The molecule has 0 amide bonds. The van der Waals surface area contributed by atoms with Crippen LogP contribution < -0.4 is 5.73 Å². The lowest BCUT2D eigenvalue weighted by molar-refractivity contribution is 0.0465. The number of nitrogen functional groups attached to an aromatic ring is 1. The Morgan fingerprint density at radius 3 is 2.57 bits per heavy atom. The smallest absolute Gasteiger partial charge is 0.245 e. The Morgan fingerprint density at radius 1 is 1.24 bits per heavy atom. The number of rotatable bonds is 2. The van der Waals surface area contributed by atoms with Crippen LogP contribution in [-0.4, -0.2) is 36.5 Å². The molecular weight excluding hydrogens is 288 g/mol. The van der Waals surface area contributed by atoms with E-state index in [4.69, 9.17) is 5.73 Å². The fourth-order valence-electron chi connectivity index (χ4n) is 2.76. The number of hydrogen-bond donors (Lipinski definition) is 2. The van der Waals surface area contributed by atoms with Crippen LogP contribution in [0.4, 0.5) is 5.69 Å². The minimum absolute atomic E-state index is 0.212. The van der Waals surface area contributed by atoms with Crippen LogP contribution in [0.2, 0.25) is 0 Å². The molecule has 1 atom stereocenters. The van der Waals surface area contributed by atoms with E-state index in [0.29, 0.717) is 37.9 Å². The molecular formula is C15H24N2O3S. The average Bonchev–Trinajstić information content (AvgIpc) is 2.55. The predicted octanol–water partition coefficient (Wildman–Crippen LogP) is 1.81. The summed E-state index contributed by atoms with van der Waals surface area (Å²) in [5, 5.41) is 10.1. The van der Waals surface area contributed by atoms with Crippen molar-refractivity contribution in [2.75, 3.05) is 18.8 Å². The lowest BCUT2D eigenvalue weighted by Gasteiger charge is -2.24. The summed E-state index contributed by atoms with van der Waals surface area (Å²) in [4.78, 5) is 0.212. The molecule has 6 heteroatoms. The maximum atomic E-state index is 12.9. The van der Waals surface area contributed by atoms with Crippen molar-refractivity contribution in [1.29, 1.82) is 0 Å². The van der Waals surface area contributed by atoms with Crippen LogP contribution in [-0.2, 0) is 10.0 Å². The molecule has 0 bridgehead atoms. The number of anilines is 1. The van der Waals surface area contributed by atoms with Gasteiger partial charge in [0.25, 0.3) is 0 Å². The highest BCUT2D eigenvalue weighted by Crippen LogP contribution is 2.31. The van der Waals surface area contributed by atoms with E-state index in [0.717, 1.165) is 5.56 Å². The van der Waals surface area contributed by atoms with Gasteiger partial charge in [0.1, 0.15) is 4.90 Å². The van der Waals surface area contributed by atoms with E-state index in [1.165, 1.54) is 4.31 Å². The molecule has 0 saturated carbocycles. The van der Waals surface area contributed by atoms with Gasteiger partial charge in [-0.25, -0.2) is 8.42 Å². The average molecular weight is 312 g/mol. The first-order valence-corrected chi connectivity index (χ1v) is 8.67. The number of nitrogens with two attached hydrogens (primary N) is 1. The van der Waals surface area contributed by atoms with Gasteiger partial charge in [-0.1, -0.05) is 6.07 Å². The van der Waals surface area contributed by atoms with Crippen molar-refractivity contribution in [1.82, 2.24) is 4.31 Å². The van der Waals surface area contributed by atoms with E-state index in [-0.39, 0.29) is 10.6 Å². The molecule has 1 aromatic carbocycles. The zero-order valence-electron chi connectivity index (χ0n) is 12.9. The molecule has 118 valence electrons. The molecule has 1 unspecified atom stereocenters. The number of nitrogens with zero attached hydrogens (tertiary/aromatic N) is 1. The Hall–Kier alpha value is -1.11. The minimum atomic E-state index is -3.62.